The van der Waals surface area contributed by atoms with Crippen molar-refractivity contribution < 1.29 is 14.0 Å². The number of hydrogen-bond acceptors (Lipinski definition) is 5. The van der Waals surface area contributed by atoms with Gasteiger partial charge in [0.2, 0.25) is 11.7 Å². The van der Waals surface area contributed by atoms with Crippen molar-refractivity contribution in [1.82, 2.24) is 10.1 Å². The standard InChI is InChI=1S/C10H10FN3O2/c1-5(12)10-13-9(14-16-10)6-2-3-8(15)7(11)4-6/h2-5,15H,12H2,1H3. The second kappa shape index (κ2) is 3.90. The van der Waals surface area contributed by atoms with Crippen LogP contribution in [0.3, 0.4) is 0 Å². The average molecular weight is 223 g/mol. The van der Waals surface area contributed by atoms with E-state index in [2.05, 4.69) is 10.1 Å². The Morgan fingerprint density at radius 2 is 2.25 bits per heavy atom. The van der Waals surface area contributed by atoms with Gasteiger partial charge in [-0.1, -0.05) is 5.16 Å². The Hall–Kier alpha value is -1.95. The number of phenols is 1. The van der Waals surface area contributed by atoms with Crippen molar-refractivity contribution in [2.24, 2.45) is 5.73 Å². The van der Waals surface area contributed by atoms with Crippen molar-refractivity contribution >= 4 is 0 Å². The summed E-state index contributed by atoms with van der Waals surface area (Å²) in [6, 6.07) is 3.48. The predicted octanol–water partition coefficient (Wildman–Crippen LogP) is 1.60. The molecule has 1 aromatic heterocycles. The molecule has 0 spiro atoms. The van der Waals surface area contributed by atoms with Crippen molar-refractivity contribution in [2.75, 3.05) is 0 Å². The van der Waals surface area contributed by atoms with Crippen LogP contribution in [0.1, 0.15) is 18.9 Å². The minimum Gasteiger partial charge on any atom is -0.505 e. The Kier molecular flexibility index (Phi) is 2.57. The summed E-state index contributed by atoms with van der Waals surface area (Å²) < 4.78 is 17.9. The lowest BCUT2D eigenvalue weighted by Gasteiger charge is -1.97. The highest BCUT2D eigenvalue weighted by Gasteiger charge is 2.13. The molecular weight excluding hydrogens is 213 g/mol. The van der Waals surface area contributed by atoms with Crippen molar-refractivity contribution in [3.05, 3.63) is 29.9 Å². The van der Waals surface area contributed by atoms with Crippen LogP contribution in [0.15, 0.2) is 22.7 Å². The molecule has 6 heteroatoms. The Bertz CT molecular complexity index is 511. The van der Waals surface area contributed by atoms with E-state index in [9.17, 15) is 4.39 Å². The molecule has 3 N–H and O–H groups in total. The molecule has 0 saturated carbocycles. The molecule has 2 aromatic rings. The Balaban J connectivity index is 2.39. The van der Waals surface area contributed by atoms with Gasteiger partial charge in [0.05, 0.1) is 6.04 Å². The van der Waals surface area contributed by atoms with E-state index in [1.807, 2.05) is 0 Å². The molecule has 0 radical (unpaired) electrons. The fourth-order valence-electron chi connectivity index (χ4n) is 1.18. The molecule has 0 aliphatic carbocycles. The normalized spacial score (nSPS) is 12.7. The van der Waals surface area contributed by atoms with E-state index in [0.29, 0.717) is 5.56 Å². The van der Waals surface area contributed by atoms with Gasteiger partial charge in [-0.2, -0.15) is 4.98 Å². The Morgan fingerprint density at radius 3 is 2.81 bits per heavy atom. The molecule has 1 heterocycles. The number of aromatic nitrogens is 2. The van der Waals surface area contributed by atoms with E-state index >= 15 is 0 Å². The van der Waals surface area contributed by atoms with E-state index in [1.165, 1.54) is 12.1 Å². The summed E-state index contributed by atoms with van der Waals surface area (Å²) >= 11 is 0. The molecule has 0 aliphatic rings. The topological polar surface area (TPSA) is 85.2 Å². The minimum absolute atomic E-state index is 0.242. The highest BCUT2D eigenvalue weighted by Crippen LogP contribution is 2.23. The van der Waals surface area contributed by atoms with Gasteiger partial charge < -0.3 is 15.4 Å². The number of nitrogens with zero attached hydrogens (tertiary/aromatic N) is 2. The van der Waals surface area contributed by atoms with Crippen molar-refractivity contribution in [3.63, 3.8) is 0 Å². The summed E-state index contributed by atoms with van der Waals surface area (Å²) in [7, 11) is 0. The van der Waals surface area contributed by atoms with Gasteiger partial charge in [0.25, 0.3) is 0 Å². The monoisotopic (exact) mass is 223 g/mol. The highest BCUT2D eigenvalue weighted by molar-refractivity contribution is 5.55. The number of benzene rings is 1. The first-order valence-electron chi connectivity index (χ1n) is 4.66. The molecule has 16 heavy (non-hydrogen) atoms. The van der Waals surface area contributed by atoms with E-state index < -0.39 is 11.6 Å². The molecule has 0 aliphatic heterocycles. The lowest BCUT2D eigenvalue weighted by Crippen LogP contribution is -2.04. The molecule has 1 aromatic carbocycles. The second-order valence-corrected chi connectivity index (χ2v) is 3.41. The maximum atomic E-state index is 13.1. The van der Waals surface area contributed by atoms with Gasteiger partial charge in [-0.05, 0) is 25.1 Å². The molecule has 0 amide bonds. The summed E-state index contributed by atoms with van der Waals surface area (Å²) in [5, 5.41) is 12.7. The number of hydrogen-bond donors (Lipinski definition) is 2. The number of halogens is 1. The van der Waals surface area contributed by atoms with E-state index in [-0.39, 0.29) is 17.8 Å². The molecule has 1 unspecified atom stereocenters. The molecule has 2 rings (SSSR count). The van der Waals surface area contributed by atoms with Gasteiger partial charge in [-0.25, -0.2) is 4.39 Å². The quantitative estimate of drug-likeness (QED) is 0.807. The van der Waals surface area contributed by atoms with Gasteiger partial charge in [-0.15, -0.1) is 0 Å². The van der Waals surface area contributed by atoms with Crippen LogP contribution in [0.25, 0.3) is 11.4 Å². The van der Waals surface area contributed by atoms with Gasteiger partial charge in [0, 0.05) is 5.56 Å². The first-order chi connectivity index (χ1) is 7.58. The van der Waals surface area contributed by atoms with Crippen LogP contribution in [-0.4, -0.2) is 15.2 Å². The van der Waals surface area contributed by atoms with Gasteiger partial charge in [0.1, 0.15) is 0 Å². The first kappa shape index (κ1) is 10.6. The number of phenolic OH excluding ortho intramolecular Hbond substituents is 1. The molecule has 84 valence electrons. The van der Waals surface area contributed by atoms with Gasteiger partial charge in [0.15, 0.2) is 11.6 Å². The van der Waals surface area contributed by atoms with Crippen LogP contribution in [-0.2, 0) is 0 Å². The van der Waals surface area contributed by atoms with E-state index in [0.717, 1.165) is 6.07 Å². The zero-order valence-corrected chi connectivity index (χ0v) is 8.51. The largest absolute Gasteiger partial charge is 0.505 e. The average Bonchev–Trinajstić information content (AvgIpc) is 2.71. The maximum absolute atomic E-state index is 13.1. The van der Waals surface area contributed by atoms with Gasteiger partial charge in [-0.3, -0.25) is 0 Å². The van der Waals surface area contributed by atoms with Crippen molar-refractivity contribution in [2.45, 2.75) is 13.0 Å². The maximum Gasteiger partial charge on any atom is 0.243 e. The van der Waals surface area contributed by atoms with Crippen LogP contribution in [0, 0.1) is 5.82 Å². The zero-order valence-electron chi connectivity index (χ0n) is 8.51. The molecule has 0 bridgehead atoms. The van der Waals surface area contributed by atoms with Crippen LogP contribution in [0.2, 0.25) is 0 Å². The van der Waals surface area contributed by atoms with Crippen LogP contribution < -0.4 is 5.73 Å². The van der Waals surface area contributed by atoms with Crippen LogP contribution >= 0.6 is 0 Å². The summed E-state index contributed by atoms with van der Waals surface area (Å²) in [5.74, 6) is -0.626. The van der Waals surface area contributed by atoms with E-state index in [1.54, 1.807) is 6.92 Å². The lowest BCUT2D eigenvalue weighted by atomic mass is 10.2. The summed E-state index contributed by atoms with van der Waals surface area (Å²) in [6.07, 6.45) is 0. The summed E-state index contributed by atoms with van der Waals surface area (Å²) in [4.78, 5) is 4.00. The van der Waals surface area contributed by atoms with Crippen LogP contribution in [0.4, 0.5) is 4.39 Å². The molecule has 5 nitrogen and oxygen atoms in total. The third-order valence-corrected chi connectivity index (χ3v) is 2.04. The fourth-order valence-corrected chi connectivity index (χ4v) is 1.18. The zero-order chi connectivity index (χ0) is 11.7. The molecule has 1 atom stereocenters. The molecule has 0 saturated heterocycles. The first-order valence-corrected chi connectivity index (χ1v) is 4.66. The van der Waals surface area contributed by atoms with Crippen LogP contribution in [0.5, 0.6) is 5.75 Å². The van der Waals surface area contributed by atoms with Gasteiger partial charge >= 0.3 is 0 Å². The van der Waals surface area contributed by atoms with Crippen molar-refractivity contribution in [1.29, 1.82) is 0 Å². The summed E-state index contributed by atoms with van der Waals surface area (Å²) in [5.41, 5.74) is 5.97. The molecule has 0 fully saturated rings. The van der Waals surface area contributed by atoms with E-state index in [4.69, 9.17) is 15.4 Å². The number of aromatic hydroxyl groups is 1. The number of nitrogens with two attached hydrogens (primary N) is 1. The van der Waals surface area contributed by atoms with Crippen molar-refractivity contribution in [3.8, 4) is 17.1 Å². The smallest absolute Gasteiger partial charge is 0.243 e. The summed E-state index contributed by atoms with van der Waals surface area (Å²) in [6.45, 7) is 1.70. The minimum atomic E-state index is -0.732. The Morgan fingerprint density at radius 1 is 1.50 bits per heavy atom. The lowest BCUT2D eigenvalue weighted by molar-refractivity contribution is 0.362. The third-order valence-electron chi connectivity index (χ3n) is 2.04. The second-order valence-electron chi connectivity index (χ2n) is 3.41. The highest BCUT2D eigenvalue weighted by atomic mass is 19.1. The third kappa shape index (κ3) is 1.87. The SMILES string of the molecule is CC(N)c1nc(-c2ccc(O)c(F)c2)no1. The molecular formula is C10H10FN3O2. The Labute approximate surface area is 90.7 Å². The predicted molar refractivity (Wildman–Crippen MR) is 54.0 cm³/mol. The number of rotatable bonds is 2. The fraction of sp³-hybridized carbons (Fsp3) is 0.200.